The van der Waals surface area contributed by atoms with Crippen LogP contribution in [0.1, 0.15) is 18.7 Å². The van der Waals surface area contributed by atoms with E-state index in [-0.39, 0.29) is 5.56 Å². The molecule has 0 unspecified atom stereocenters. The van der Waals surface area contributed by atoms with E-state index in [1.807, 2.05) is 24.3 Å². The van der Waals surface area contributed by atoms with Crippen molar-refractivity contribution in [2.24, 2.45) is 0 Å². The monoisotopic (exact) mass is 230 g/mol. The van der Waals surface area contributed by atoms with Crippen molar-refractivity contribution in [1.82, 2.24) is 9.97 Å². The maximum Gasteiger partial charge on any atom is 0.258 e. The number of aromatic nitrogens is 2. The summed E-state index contributed by atoms with van der Waals surface area (Å²) in [6.45, 7) is 3.22. The summed E-state index contributed by atoms with van der Waals surface area (Å²) in [5.74, 6) is 0.811. The van der Waals surface area contributed by atoms with Gasteiger partial charge in [-0.2, -0.15) is 0 Å². The van der Waals surface area contributed by atoms with E-state index >= 15 is 0 Å². The number of hydrogen-bond acceptors (Lipinski definition) is 2. The zero-order valence-electron chi connectivity index (χ0n) is 9.70. The first-order valence-corrected chi connectivity index (χ1v) is 6.14. The van der Waals surface area contributed by atoms with Gasteiger partial charge in [0.05, 0.1) is 24.0 Å². The number of nitrogens with one attached hydrogen (secondary N) is 2. The molecule has 1 aliphatic rings. The quantitative estimate of drug-likeness (QED) is 0.769. The molecule has 2 aromatic rings. The molecule has 1 saturated heterocycles. The molecule has 17 heavy (non-hydrogen) atoms. The first-order chi connectivity index (χ1) is 8.33. The van der Waals surface area contributed by atoms with Crippen molar-refractivity contribution in [1.29, 1.82) is 0 Å². The van der Waals surface area contributed by atoms with Crippen molar-refractivity contribution < 1.29 is 4.90 Å². The van der Waals surface area contributed by atoms with Crippen molar-refractivity contribution in [2.75, 3.05) is 13.1 Å². The second kappa shape index (κ2) is 4.30. The highest BCUT2D eigenvalue weighted by Crippen LogP contribution is 2.05. The first-order valence-electron chi connectivity index (χ1n) is 6.14. The molecule has 2 heterocycles. The predicted octanol–water partition coefficient (Wildman–Crippen LogP) is 0.102. The summed E-state index contributed by atoms with van der Waals surface area (Å²) in [6.07, 6.45) is 2.57. The molecule has 1 aromatic heterocycles. The molecule has 2 N–H and O–H groups in total. The Morgan fingerprint density at radius 3 is 2.82 bits per heavy atom. The molecule has 0 atom stereocenters. The van der Waals surface area contributed by atoms with E-state index in [9.17, 15) is 4.79 Å². The van der Waals surface area contributed by atoms with E-state index in [4.69, 9.17) is 0 Å². The molecule has 4 nitrogen and oxygen atoms in total. The van der Waals surface area contributed by atoms with E-state index in [0.717, 1.165) is 17.9 Å². The molecule has 88 valence electrons. The van der Waals surface area contributed by atoms with Crippen LogP contribution in [0, 0.1) is 0 Å². The van der Waals surface area contributed by atoms with Gasteiger partial charge in [-0.05, 0) is 12.1 Å². The van der Waals surface area contributed by atoms with Gasteiger partial charge in [-0.25, -0.2) is 4.98 Å². The third-order valence-corrected chi connectivity index (χ3v) is 3.39. The molecule has 1 aliphatic heterocycles. The van der Waals surface area contributed by atoms with Gasteiger partial charge in [0, 0.05) is 12.8 Å². The minimum atomic E-state index is -0.0239. The lowest BCUT2D eigenvalue weighted by Gasteiger charge is -2.11. The number of aromatic amines is 1. The molecule has 1 fully saturated rings. The first kappa shape index (κ1) is 10.5. The fraction of sp³-hybridized carbons (Fsp3) is 0.385. The number of hydrogen-bond donors (Lipinski definition) is 2. The summed E-state index contributed by atoms with van der Waals surface area (Å²) in [4.78, 5) is 20.8. The van der Waals surface area contributed by atoms with Crippen LogP contribution in [0.4, 0.5) is 0 Å². The number of fused-ring (bicyclic) bond motifs is 1. The number of H-pyrrole nitrogens is 1. The SMILES string of the molecule is O=c1[nH]c(C[NH+]2CCCC2)nc2ccccc12. The molecule has 0 bridgehead atoms. The van der Waals surface area contributed by atoms with Gasteiger partial charge in [-0.3, -0.25) is 4.79 Å². The largest absolute Gasteiger partial charge is 0.329 e. The molecule has 0 radical (unpaired) electrons. The number of benzene rings is 1. The van der Waals surface area contributed by atoms with Crippen molar-refractivity contribution in [3.8, 4) is 0 Å². The lowest BCUT2D eigenvalue weighted by molar-refractivity contribution is -0.902. The van der Waals surface area contributed by atoms with Crippen LogP contribution in [-0.2, 0) is 6.54 Å². The average Bonchev–Trinajstić information content (AvgIpc) is 2.82. The Hall–Kier alpha value is -1.68. The zero-order chi connectivity index (χ0) is 11.7. The van der Waals surface area contributed by atoms with Crippen molar-refractivity contribution in [2.45, 2.75) is 19.4 Å². The summed E-state index contributed by atoms with van der Waals surface area (Å²) < 4.78 is 0. The number of likely N-dealkylation sites (tertiary alicyclic amines) is 1. The summed E-state index contributed by atoms with van der Waals surface area (Å²) in [6, 6.07) is 7.49. The smallest absolute Gasteiger partial charge is 0.258 e. The van der Waals surface area contributed by atoms with Gasteiger partial charge >= 0.3 is 0 Å². The molecule has 0 amide bonds. The van der Waals surface area contributed by atoms with Crippen molar-refractivity contribution in [3.63, 3.8) is 0 Å². The summed E-state index contributed by atoms with van der Waals surface area (Å²) in [7, 11) is 0. The van der Waals surface area contributed by atoms with Gasteiger partial charge in [0.15, 0.2) is 5.82 Å². The van der Waals surface area contributed by atoms with Gasteiger partial charge in [0.25, 0.3) is 5.56 Å². The Morgan fingerprint density at radius 1 is 1.24 bits per heavy atom. The molecular formula is C13H16N3O+. The van der Waals surface area contributed by atoms with E-state index in [1.54, 1.807) is 0 Å². The van der Waals surface area contributed by atoms with Crippen LogP contribution < -0.4 is 10.5 Å². The van der Waals surface area contributed by atoms with Gasteiger partial charge in [-0.1, -0.05) is 12.1 Å². The van der Waals surface area contributed by atoms with Crippen LogP contribution in [0.3, 0.4) is 0 Å². The minimum Gasteiger partial charge on any atom is -0.329 e. The number of quaternary nitrogens is 1. The zero-order valence-corrected chi connectivity index (χ0v) is 9.70. The Kier molecular flexibility index (Phi) is 2.65. The van der Waals surface area contributed by atoms with Crippen LogP contribution in [0.25, 0.3) is 10.9 Å². The Bertz CT molecular complexity index is 584. The lowest BCUT2D eigenvalue weighted by atomic mass is 10.2. The van der Waals surface area contributed by atoms with Gasteiger partial charge in [-0.15, -0.1) is 0 Å². The highest BCUT2D eigenvalue weighted by molar-refractivity contribution is 5.77. The average molecular weight is 230 g/mol. The Morgan fingerprint density at radius 2 is 2.00 bits per heavy atom. The summed E-state index contributed by atoms with van der Waals surface area (Å²) in [5, 5.41) is 0.674. The Labute approximate surface area is 99.3 Å². The number of nitrogens with zero attached hydrogens (tertiary/aromatic N) is 1. The van der Waals surface area contributed by atoms with Crippen LogP contribution in [0.2, 0.25) is 0 Å². The number of rotatable bonds is 2. The highest BCUT2D eigenvalue weighted by atomic mass is 16.1. The fourth-order valence-corrected chi connectivity index (χ4v) is 2.51. The topological polar surface area (TPSA) is 50.2 Å². The summed E-state index contributed by atoms with van der Waals surface area (Å²) in [5.41, 5.74) is 0.772. The van der Waals surface area contributed by atoms with E-state index in [2.05, 4.69) is 9.97 Å². The minimum absolute atomic E-state index is 0.0239. The second-order valence-electron chi connectivity index (χ2n) is 4.66. The van der Waals surface area contributed by atoms with Crippen LogP contribution in [-0.4, -0.2) is 23.1 Å². The predicted molar refractivity (Wildman–Crippen MR) is 66.0 cm³/mol. The molecule has 0 saturated carbocycles. The molecular weight excluding hydrogens is 214 g/mol. The van der Waals surface area contributed by atoms with Crippen LogP contribution >= 0.6 is 0 Å². The van der Waals surface area contributed by atoms with Gasteiger partial charge in [0.2, 0.25) is 0 Å². The second-order valence-corrected chi connectivity index (χ2v) is 4.66. The molecule has 0 aliphatic carbocycles. The fourth-order valence-electron chi connectivity index (χ4n) is 2.51. The molecule has 3 rings (SSSR count). The molecule has 0 spiro atoms. The maximum absolute atomic E-state index is 11.9. The maximum atomic E-state index is 11.9. The third-order valence-electron chi connectivity index (χ3n) is 3.39. The Balaban J connectivity index is 1.97. The van der Waals surface area contributed by atoms with Crippen molar-refractivity contribution >= 4 is 10.9 Å². The highest BCUT2D eigenvalue weighted by Gasteiger charge is 2.17. The van der Waals surface area contributed by atoms with Gasteiger partial charge in [0.1, 0.15) is 6.54 Å². The number of para-hydroxylation sites is 1. The lowest BCUT2D eigenvalue weighted by Crippen LogP contribution is -3.08. The van der Waals surface area contributed by atoms with Crippen molar-refractivity contribution in [3.05, 3.63) is 40.4 Å². The van der Waals surface area contributed by atoms with E-state index in [1.165, 1.54) is 30.8 Å². The van der Waals surface area contributed by atoms with Gasteiger partial charge < -0.3 is 9.88 Å². The molecule has 4 heteroatoms. The molecule has 1 aromatic carbocycles. The van der Waals surface area contributed by atoms with Crippen LogP contribution in [0.5, 0.6) is 0 Å². The van der Waals surface area contributed by atoms with E-state index in [0.29, 0.717) is 5.39 Å². The normalized spacial score (nSPS) is 16.7. The third kappa shape index (κ3) is 2.08. The van der Waals surface area contributed by atoms with E-state index < -0.39 is 0 Å². The standard InChI is InChI=1S/C13H15N3O/c17-13-10-5-1-2-6-11(10)14-12(15-13)9-16-7-3-4-8-16/h1-2,5-6H,3-4,7-9H2,(H,14,15,17)/p+1. The van der Waals surface area contributed by atoms with Crippen LogP contribution in [0.15, 0.2) is 29.1 Å². The summed E-state index contributed by atoms with van der Waals surface area (Å²) >= 11 is 0.